The van der Waals surface area contributed by atoms with Crippen LogP contribution in [0.5, 0.6) is 0 Å². The minimum absolute atomic E-state index is 0.790. The lowest BCUT2D eigenvalue weighted by Gasteiger charge is -1.93. The van der Waals surface area contributed by atoms with Crippen LogP contribution >= 0.6 is 0 Å². The lowest BCUT2D eigenvalue weighted by Crippen LogP contribution is -1.84. The van der Waals surface area contributed by atoms with E-state index in [0.717, 1.165) is 28.7 Å². The van der Waals surface area contributed by atoms with Gasteiger partial charge < -0.3 is 5.73 Å². The van der Waals surface area contributed by atoms with Gasteiger partial charge in [-0.15, -0.1) is 0 Å². The second kappa shape index (κ2) is 2.52. The Hall–Kier alpha value is -1.51. The first-order valence-corrected chi connectivity index (χ1v) is 4.03. The Morgan fingerprint density at radius 3 is 3.08 bits per heavy atom. The summed E-state index contributed by atoms with van der Waals surface area (Å²) in [6, 6.07) is 5.75. The monoisotopic (exact) mass is 161 g/mol. The van der Waals surface area contributed by atoms with Gasteiger partial charge >= 0.3 is 0 Å². The number of benzene rings is 1. The molecule has 0 aliphatic heterocycles. The average molecular weight is 161 g/mol. The molecule has 0 saturated heterocycles. The molecule has 3 N–H and O–H groups in total. The molecule has 0 radical (unpaired) electrons. The molecule has 2 aromatic rings. The number of H-pyrrole nitrogens is 1. The Balaban J connectivity index is 2.75. The molecule has 0 unspecified atom stereocenters. The van der Waals surface area contributed by atoms with Crippen molar-refractivity contribution in [1.82, 2.24) is 10.2 Å². The molecule has 62 valence electrons. The van der Waals surface area contributed by atoms with Gasteiger partial charge in [0, 0.05) is 16.8 Å². The van der Waals surface area contributed by atoms with E-state index in [1.54, 1.807) is 0 Å². The smallest absolute Gasteiger partial charge is 0.0925 e. The molecule has 0 aliphatic rings. The van der Waals surface area contributed by atoms with Crippen LogP contribution in [-0.2, 0) is 6.42 Å². The fraction of sp³-hybridized carbons (Fsp3) is 0.222. The Morgan fingerprint density at radius 2 is 2.33 bits per heavy atom. The van der Waals surface area contributed by atoms with Gasteiger partial charge in [0.2, 0.25) is 0 Å². The van der Waals surface area contributed by atoms with Crippen molar-refractivity contribution in [1.29, 1.82) is 0 Å². The number of aryl methyl sites for hydroxylation is 1. The maximum Gasteiger partial charge on any atom is 0.0925 e. The molecule has 2 rings (SSSR count). The SMILES string of the molecule is CCc1[nH]nc2ccc(N)cc12. The molecule has 1 heterocycles. The third kappa shape index (κ3) is 0.942. The number of nitrogen functional groups attached to an aromatic ring is 1. The van der Waals surface area contributed by atoms with Crippen molar-refractivity contribution in [3.63, 3.8) is 0 Å². The van der Waals surface area contributed by atoms with Gasteiger partial charge in [0.1, 0.15) is 0 Å². The molecular formula is C9H11N3. The normalized spacial score (nSPS) is 10.8. The van der Waals surface area contributed by atoms with Crippen molar-refractivity contribution in [2.75, 3.05) is 5.73 Å². The summed E-state index contributed by atoms with van der Waals surface area (Å²) in [5.41, 5.74) is 8.59. The lowest BCUT2D eigenvalue weighted by molar-refractivity contribution is 0.988. The van der Waals surface area contributed by atoms with Crippen LogP contribution in [0.25, 0.3) is 10.9 Å². The van der Waals surface area contributed by atoms with Crippen LogP contribution in [-0.4, -0.2) is 10.2 Å². The first-order chi connectivity index (χ1) is 5.81. The number of nitrogens with two attached hydrogens (primary N) is 1. The summed E-state index contributed by atoms with van der Waals surface area (Å²) in [7, 11) is 0. The summed E-state index contributed by atoms with van der Waals surface area (Å²) in [6.45, 7) is 2.09. The van der Waals surface area contributed by atoms with Gasteiger partial charge in [-0.05, 0) is 24.6 Å². The van der Waals surface area contributed by atoms with Crippen molar-refractivity contribution in [3.05, 3.63) is 23.9 Å². The van der Waals surface area contributed by atoms with Crippen molar-refractivity contribution < 1.29 is 0 Å². The molecule has 0 saturated carbocycles. The highest BCUT2D eigenvalue weighted by Crippen LogP contribution is 2.18. The highest BCUT2D eigenvalue weighted by Gasteiger charge is 2.02. The number of rotatable bonds is 1. The predicted octanol–water partition coefficient (Wildman–Crippen LogP) is 1.71. The molecule has 3 heteroatoms. The van der Waals surface area contributed by atoms with Crippen LogP contribution in [0.4, 0.5) is 5.69 Å². The van der Waals surface area contributed by atoms with Gasteiger partial charge in [-0.25, -0.2) is 0 Å². The fourth-order valence-electron chi connectivity index (χ4n) is 1.35. The molecule has 1 aromatic carbocycles. The average Bonchev–Trinajstić information content (AvgIpc) is 2.46. The van der Waals surface area contributed by atoms with Crippen LogP contribution in [0.15, 0.2) is 18.2 Å². The molecule has 0 amide bonds. The lowest BCUT2D eigenvalue weighted by atomic mass is 10.1. The second-order valence-corrected chi connectivity index (χ2v) is 2.83. The van der Waals surface area contributed by atoms with Crippen LogP contribution in [0.2, 0.25) is 0 Å². The number of hydrogen-bond acceptors (Lipinski definition) is 2. The molecule has 0 fully saturated rings. The topological polar surface area (TPSA) is 54.7 Å². The molecule has 0 atom stereocenters. The van der Waals surface area contributed by atoms with E-state index in [4.69, 9.17) is 5.73 Å². The van der Waals surface area contributed by atoms with E-state index < -0.39 is 0 Å². The zero-order valence-electron chi connectivity index (χ0n) is 6.96. The maximum absolute atomic E-state index is 5.66. The maximum atomic E-state index is 5.66. The fourth-order valence-corrected chi connectivity index (χ4v) is 1.35. The van der Waals surface area contributed by atoms with Gasteiger partial charge in [-0.2, -0.15) is 5.10 Å². The van der Waals surface area contributed by atoms with E-state index in [2.05, 4.69) is 17.1 Å². The summed E-state index contributed by atoms with van der Waals surface area (Å²) in [6.07, 6.45) is 0.958. The van der Waals surface area contributed by atoms with Gasteiger partial charge in [0.05, 0.1) is 5.52 Å². The summed E-state index contributed by atoms with van der Waals surface area (Å²) in [5.74, 6) is 0. The Morgan fingerprint density at radius 1 is 1.50 bits per heavy atom. The minimum Gasteiger partial charge on any atom is -0.399 e. The number of hydrogen-bond donors (Lipinski definition) is 2. The van der Waals surface area contributed by atoms with Gasteiger partial charge in [0.25, 0.3) is 0 Å². The molecule has 0 spiro atoms. The minimum atomic E-state index is 0.790. The highest BCUT2D eigenvalue weighted by atomic mass is 15.1. The van der Waals surface area contributed by atoms with Crippen molar-refractivity contribution in [3.8, 4) is 0 Å². The van der Waals surface area contributed by atoms with Gasteiger partial charge in [0.15, 0.2) is 0 Å². The van der Waals surface area contributed by atoms with Crippen molar-refractivity contribution in [2.45, 2.75) is 13.3 Å². The van der Waals surface area contributed by atoms with E-state index in [1.165, 1.54) is 0 Å². The van der Waals surface area contributed by atoms with Crippen LogP contribution < -0.4 is 5.73 Å². The Kier molecular flexibility index (Phi) is 1.50. The molecule has 0 bridgehead atoms. The first kappa shape index (κ1) is 7.16. The number of nitrogens with zero attached hydrogens (tertiary/aromatic N) is 1. The van der Waals surface area contributed by atoms with Crippen LogP contribution in [0.1, 0.15) is 12.6 Å². The highest BCUT2D eigenvalue weighted by molar-refractivity contribution is 5.84. The molecule has 3 nitrogen and oxygen atoms in total. The summed E-state index contributed by atoms with van der Waals surface area (Å²) in [5, 5.41) is 8.27. The quantitative estimate of drug-likeness (QED) is 0.625. The zero-order valence-corrected chi connectivity index (χ0v) is 6.96. The summed E-state index contributed by atoms with van der Waals surface area (Å²) >= 11 is 0. The van der Waals surface area contributed by atoms with Gasteiger partial charge in [-0.1, -0.05) is 6.92 Å². The molecular weight excluding hydrogens is 150 g/mol. The predicted molar refractivity (Wildman–Crippen MR) is 49.9 cm³/mol. The van der Waals surface area contributed by atoms with E-state index in [9.17, 15) is 0 Å². The van der Waals surface area contributed by atoms with E-state index in [0.29, 0.717) is 0 Å². The third-order valence-electron chi connectivity index (χ3n) is 2.01. The Bertz CT molecular complexity index is 403. The van der Waals surface area contributed by atoms with Crippen LogP contribution in [0, 0.1) is 0 Å². The second-order valence-electron chi connectivity index (χ2n) is 2.83. The summed E-state index contributed by atoms with van der Waals surface area (Å²) in [4.78, 5) is 0. The molecule has 0 aliphatic carbocycles. The van der Waals surface area contributed by atoms with E-state index >= 15 is 0 Å². The molecule has 1 aromatic heterocycles. The number of fused-ring (bicyclic) bond motifs is 1. The Labute approximate surface area is 70.6 Å². The number of aromatic nitrogens is 2. The first-order valence-electron chi connectivity index (χ1n) is 4.03. The number of aromatic amines is 1. The van der Waals surface area contributed by atoms with Gasteiger partial charge in [-0.3, -0.25) is 5.10 Å². The zero-order chi connectivity index (χ0) is 8.55. The largest absolute Gasteiger partial charge is 0.399 e. The van der Waals surface area contributed by atoms with Crippen molar-refractivity contribution in [2.24, 2.45) is 0 Å². The third-order valence-corrected chi connectivity index (χ3v) is 2.01. The van der Waals surface area contributed by atoms with Crippen molar-refractivity contribution >= 4 is 16.6 Å². The number of nitrogens with one attached hydrogen (secondary N) is 1. The molecule has 12 heavy (non-hydrogen) atoms. The van der Waals surface area contributed by atoms with E-state index in [1.807, 2.05) is 18.2 Å². The van der Waals surface area contributed by atoms with Crippen LogP contribution in [0.3, 0.4) is 0 Å². The number of anilines is 1. The van der Waals surface area contributed by atoms with E-state index in [-0.39, 0.29) is 0 Å². The standard InChI is InChI=1S/C9H11N3/c1-2-8-7-5-6(10)3-4-9(7)12-11-8/h3-5H,2,10H2,1H3,(H,11,12). The summed E-state index contributed by atoms with van der Waals surface area (Å²) < 4.78 is 0.